The average molecular weight is 374 g/mol. The maximum Gasteiger partial charge on any atom is 0.258 e. The van der Waals surface area contributed by atoms with Crippen molar-refractivity contribution in [1.82, 2.24) is 4.31 Å². The number of nitrogens with zero attached hydrogens (tertiary/aromatic N) is 2. The van der Waals surface area contributed by atoms with E-state index in [1.807, 2.05) is 30.3 Å². The molecule has 0 aromatic heterocycles. The first-order valence-corrected chi connectivity index (χ1v) is 9.95. The third kappa shape index (κ3) is 3.80. The number of carbonyl (C=O) groups is 1. The molecule has 6 nitrogen and oxygen atoms in total. The Labute approximate surface area is 153 Å². The smallest absolute Gasteiger partial charge is 0.258 e. The Morgan fingerprint density at radius 3 is 2.38 bits per heavy atom. The van der Waals surface area contributed by atoms with Crippen molar-refractivity contribution in [3.8, 4) is 0 Å². The number of hydrogen-bond acceptors (Lipinski definition) is 4. The fourth-order valence-corrected chi connectivity index (χ4v) is 4.54. The van der Waals surface area contributed by atoms with Crippen LogP contribution in [0.1, 0.15) is 23.2 Å². The standard InChI is InChI=1S/C19H22N2O4S/c1-20(16-6-3-2-4-7-16)19(23)15-9-11-18(12-10-15)26(24,25)21-13-5-8-17(22)14-21/h2-4,6-7,9-12,17,22H,5,8,13-14H2,1H3. The van der Waals surface area contributed by atoms with Crippen molar-refractivity contribution < 1.29 is 18.3 Å². The molecule has 1 fully saturated rings. The van der Waals surface area contributed by atoms with E-state index in [2.05, 4.69) is 0 Å². The van der Waals surface area contributed by atoms with Crippen LogP contribution in [0, 0.1) is 0 Å². The number of aliphatic hydroxyl groups excluding tert-OH is 1. The summed E-state index contributed by atoms with van der Waals surface area (Å²) in [7, 11) is -1.98. The van der Waals surface area contributed by atoms with E-state index < -0.39 is 16.1 Å². The fourth-order valence-electron chi connectivity index (χ4n) is 3.02. The van der Waals surface area contributed by atoms with E-state index >= 15 is 0 Å². The molecule has 138 valence electrons. The summed E-state index contributed by atoms with van der Waals surface area (Å²) in [4.78, 5) is 14.2. The summed E-state index contributed by atoms with van der Waals surface area (Å²) in [6, 6.07) is 15.2. The molecule has 1 aliphatic heterocycles. The molecule has 3 rings (SSSR count). The Morgan fingerprint density at radius 2 is 1.77 bits per heavy atom. The normalized spacial score (nSPS) is 18.5. The van der Waals surface area contributed by atoms with Crippen LogP contribution in [0.2, 0.25) is 0 Å². The molecule has 2 aromatic carbocycles. The van der Waals surface area contributed by atoms with E-state index in [1.165, 1.54) is 33.5 Å². The predicted molar refractivity (Wildman–Crippen MR) is 99.6 cm³/mol. The van der Waals surface area contributed by atoms with Crippen molar-refractivity contribution in [2.45, 2.75) is 23.8 Å². The van der Waals surface area contributed by atoms with Crippen LogP contribution in [-0.2, 0) is 10.0 Å². The second-order valence-corrected chi connectivity index (χ2v) is 8.32. The molecule has 1 heterocycles. The lowest BCUT2D eigenvalue weighted by molar-refractivity contribution is 0.0993. The minimum absolute atomic E-state index is 0.111. The molecular formula is C19H22N2O4S. The Bertz CT molecular complexity index is 866. The Hall–Kier alpha value is -2.22. The lowest BCUT2D eigenvalue weighted by atomic mass is 10.1. The largest absolute Gasteiger partial charge is 0.392 e. The number of rotatable bonds is 4. The van der Waals surface area contributed by atoms with Crippen LogP contribution < -0.4 is 4.90 Å². The SMILES string of the molecule is CN(C(=O)c1ccc(S(=O)(=O)N2CCCC(O)C2)cc1)c1ccccc1. The van der Waals surface area contributed by atoms with E-state index in [9.17, 15) is 18.3 Å². The number of aliphatic hydroxyl groups is 1. The third-order valence-corrected chi connectivity index (χ3v) is 6.43. The van der Waals surface area contributed by atoms with E-state index in [0.29, 0.717) is 24.9 Å². The average Bonchev–Trinajstić information content (AvgIpc) is 2.67. The van der Waals surface area contributed by atoms with Gasteiger partial charge in [0.25, 0.3) is 5.91 Å². The molecule has 1 aliphatic rings. The molecule has 1 atom stereocenters. The van der Waals surface area contributed by atoms with Gasteiger partial charge in [0.2, 0.25) is 10.0 Å². The van der Waals surface area contributed by atoms with E-state index in [4.69, 9.17) is 0 Å². The summed E-state index contributed by atoms with van der Waals surface area (Å²) in [6.07, 6.45) is 0.628. The fraction of sp³-hybridized carbons (Fsp3) is 0.316. The molecule has 1 amide bonds. The van der Waals surface area contributed by atoms with Crippen molar-refractivity contribution in [3.05, 3.63) is 60.2 Å². The molecule has 7 heteroatoms. The van der Waals surface area contributed by atoms with Gasteiger partial charge in [0.1, 0.15) is 0 Å². The zero-order valence-electron chi connectivity index (χ0n) is 14.6. The summed E-state index contributed by atoms with van der Waals surface area (Å²) < 4.78 is 26.7. The van der Waals surface area contributed by atoms with Crippen molar-refractivity contribution in [3.63, 3.8) is 0 Å². The maximum absolute atomic E-state index is 12.7. The monoisotopic (exact) mass is 374 g/mol. The Kier molecular flexibility index (Phi) is 5.41. The van der Waals surface area contributed by atoms with E-state index in [1.54, 1.807) is 7.05 Å². The molecule has 0 bridgehead atoms. The molecule has 0 saturated carbocycles. The van der Waals surface area contributed by atoms with Gasteiger partial charge in [-0.05, 0) is 49.2 Å². The van der Waals surface area contributed by atoms with Crippen molar-refractivity contribution in [2.75, 3.05) is 25.0 Å². The van der Waals surface area contributed by atoms with Gasteiger partial charge in [-0.25, -0.2) is 8.42 Å². The first-order chi connectivity index (χ1) is 12.4. The van der Waals surface area contributed by atoms with Gasteiger partial charge in [0.15, 0.2) is 0 Å². The predicted octanol–water partition coefficient (Wildman–Crippen LogP) is 2.11. The number of anilines is 1. The molecule has 0 radical (unpaired) electrons. The topological polar surface area (TPSA) is 77.9 Å². The highest BCUT2D eigenvalue weighted by molar-refractivity contribution is 7.89. The van der Waals surface area contributed by atoms with Gasteiger partial charge < -0.3 is 10.0 Å². The molecular weight excluding hydrogens is 352 g/mol. The van der Waals surface area contributed by atoms with Gasteiger partial charge in [-0.1, -0.05) is 18.2 Å². The zero-order chi connectivity index (χ0) is 18.7. The lowest BCUT2D eigenvalue weighted by Gasteiger charge is -2.29. The van der Waals surface area contributed by atoms with Crippen molar-refractivity contribution in [1.29, 1.82) is 0 Å². The molecule has 1 unspecified atom stereocenters. The molecule has 26 heavy (non-hydrogen) atoms. The van der Waals surface area contributed by atoms with Crippen LogP contribution in [0.15, 0.2) is 59.5 Å². The van der Waals surface area contributed by atoms with Crippen LogP contribution in [0.4, 0.5) is 5.69 Å². The van der Waals surface area contributed by atoms with Gasteiger partial charge in [-0.2, -0.15) is 4.31 Å². The number of β-amino-alcohol motifs (C(OH)–C–C–N with tert-alkyl or cyclic N) is 1. The number of para-hydroxylation sites is 1. The first-order valence-electron chi connectivity index (χ1n) is 8.51. The van der Waals surface area contributed by atoms with Crippen molar-refractivity contribution >= 4 is 21.6 Å². The summed E-state index contributed by atoms with van der Waals surface area (Å²) in [5.74, 6) is -0.214. The van der Waals surface area contributed by atoms with Crippen LogP contribution in [-0.4, -0.2) is 50.0 Å². The quantitative estimate of drug-likeness (QED) is 0.889. The second-order valence-electron chi connectivity index (χ2n) is 6.38. The number of carbonyl (C=O) groups excluding carboxylic acids is 1. The highest BCUT2D eigenvalue weighted by Gasteiger charge is 2.29. The van der Waals surface area contributed by atoms with Crippen LogP contribution in [0.5, 0.6) is 0 Å². The summed E-state index contributed by atoms with van der Waals surface area (Å²) in [5, 5.41) is 9.72. The highest BCUT2D eigenvalue weighted by Crippen LogP contribution is 2.22. The molecule has 2 aromatic rings. The van der Waals surface area contributed by atoms with Crippen LogP contribution in [0.3, 0.4) is 0 Å². The molecule has 0 spiro atoms. The number of amides is 1. The number of benzene rings is 2. The minimum atomic E-state index is -3.66. The molecule has 1 saturated heterocycles. The van der Waals surface area contributed by atoms with Crippen molar-refractivity contribution in [2.24, 2.45) is 0 Å². The summed E-state index contributed by atoms with van der Waals surface area (Å²) >= 11 is 0. The van der Waals surface area contributed by atoms with E-state index in [0.717, 1.165) is 5.69 Å². The van der Waals surface area contributed by atoms with Crippen LogP contribution >= 0.6 is 0 Å². The number of piperidine rings is 1. The molecule has 1 N–H and O–H groups in total. The summed E-state index contributed by atoms with van der Waals surface area (Å²) in [5.41, 5.74) is 1.17. The van der Waals surface area contributed by atoms with Gasteiger partial charge in [-0.15, -0.1) is 0 Å². The van der Waals surface area contributed by atoms with Gasteiger partial charge in [-0.3, -0.25) is 4.79 Å². The van der Waals surface area contributed by atoms with Gasteiger partial charge in [0, 0.05) is 31.4 Å². The summed E-state index contributed by atoms with van der Waals surface area (Å²) in [6.45, 7) is 0.510. The highest BCUT2D eigenvalue weighted by atomic mass is 32.2. The Morgan fingerprint density at radius 1 is 1.12 bits per heavy atom. The van der Waals surface area contributed by atoms with Crippen LogP contribution in [0.25, 0.3) is 0 Å². The maximum atomic E-state index is 12.7. The van der Waals surface area contributed by atoms with Gasteiger partial charge >= 0.3 is 0 Å². The van der Waals surface area contributed by atoms with E-state index in [-0.39, 0.29) is 17.3 Å². The first kappa shape index (κ1) is 18.6. The second kappa shape index (κ2) is 7.57. The number of sulfonamides is 1. The van der Waals surface area contributed by atoms with Gasteiger partial charge in [0.05, 0.1) is 11.0 Å². The zero-order valence-corrected chi connectivity index (χ0v) is 15.4. The number of hydrogen-bond donors (Lipinski definition) is 1. The third-order valence-electron chi connectivity index (χ3n) is 4.55. The Balaban J connectivity index is 1.79. The minimum Gasteiger partial charge on any atom is -0.392 e. The molecule has 0 aliphatic carbocycles. The lowest BCUT2D eigenvalue weighted by Crippen LogP contribution is -2.42.